The van der Waals surface area contributed by atoms with Gasteiger partial charge in [-0.2, -0.15) is 0 Å². The Hall–Kier alpha value is -1.71. The molecule has 1 heterocycles. The number of benzene rings is 2. The molecule has 0 spiro atoms. The molecule has 6 nitrogen and oxygen atoms in total. The van der Waals surface area contributed by atoms with Crippen LogP contribution in [0.3, 0.4) is 0 Å². The molecule has 0 bridgehead atoms. The number of amides is 1. The molecule has 30 heavy (non-hydrogen) atoms. The zero-order valence-electron chi connectivity index (χ0n) is 16.8. The lowest BCUT2D eigenvalue weighted by molar-refractivity contribution is 0.0986. The monoisotopic (exact) mass is 487 g/mol. The van der Waals surface area contributed by atoms with Gasteiger partial charge in [0.15, 0.2) is 15.0 Å². The van der Waals surface area contributed by atoms with Crippen LogP contribution in [0.2, 0.25) is 5.02 Å². The Morgan fingerprint density at radius 2 is 1.87 bits per heavy atom. The smallest absolute Gasteiger partial charge is 0.260 e. The molecule has 2 aromatic carbocycles. The van der Waals surface area contributed by atoms with Crippen molar-refractivity contribution in [2.75, 3.05) is 38.3 Å². The first-order chi connectivity index (χ1) is 13.6. The van der Waals surface area contributed by atoms with Crippen LogP contribution in [0.15, 0.2) is 47.4 Å². The van der Waals surface area contributed by atoms with Crippen molar-refractivity contribution in [2.45, 2.75) is 11.3 Å². The van der Waals surface area contributed by atoms with Crippen molar-refractivity contribution in [2.24, 2.45) is 0 Å². The van der Waals surface area contributed by atoms with Crippen molar-refractivity contribution in [3.05, 3.63) is 53.1 Å². The summed E-state index contributed by atoms with van der Waals surface area (Å²) in [4.78, 5) is 21.7. The second-order valence-electron chi connectivity index (χ2n) is 7.02. The van der Waals surface area contributed by atoms with Crippen molar-refractivity contribution < 1.29 is 13.2 Å². The molecule has 0 aliphatic heterocycles. The number of rotatable bonds is 7. The Morgan fingerprint density at radius 3 is 2.53 bits per heavy atom. The number of sulfone groups is 1. The molecule has 0 radical (unpaired) electrons. The number of carbonyl (C=O) groups excluding carboxylic acids is 1. The van der Waals surface area contributed by atoms with E-state index in [-0.39, 0.29) is 23.2 Å². The Kier molecular flexibility index (Phi) is 8.24. The topological polar surface area (TPSA) is 70.6 Å². The average molecular weight is 488 g/mol. The van der Waals surface area contributed by atoms with Gasteiger partial charge < -0.3 is 4.90 Å². The molecule has 162 valence electrons. The molecule has 1 aromatic heterocycles. The number of hydrogen-bond donors (Lipinski definition) is 0. The molecule has 0 unspecified atom stereocenters. The summed E-state index contributed by atoms with van der Waals surface area (Å²) in [5, 5.41) is 1.18. The van der Waals surface area contributed by atoms with Crippen LogP contribution in [0.5, 0.6) is 0 Å². The zero-order chi connectivity index (χ0) is 21.2. The van der Waals surface area contributed by atoms with Crippen LogP contribution in [-0.2, 0) is 9.84 Å². The van der Waals surface area contributed by atoms with E-state index in [1.165, 1.54) is 23.5 Å². The summed E-state index contributed by atoms with van der Waals surface area (Å²) >= 11 is 7.47. The molecule has 0 aliphatic carbocycles. The lowest BCUT2D eigenvalue weighted by Crippen LogP contribution is -2.33. The number of halogens is 2. The van der Waals surface area contributed by atoms with Gasteiger partial charge in [0.25, 0.3) is 5.91 Å². The molecule has 0 saturated heterocycles. The third-order valence-electron chi connectivity index (χ3n) is 4.31. The second kappa shape index (κ2) is 10.1. The number of anilines is 1. The minimum absolute atomic E-state index is 0. The summed E-state index contributed by atoms with van der Waals surface area (Å²) in [5.41, 5.74) is 1.08. The third kappa shape index (κ3) is 5.92. The van der Waals surface area contributed by atoms with Gasteiger partial charge in [0, 0.05) is 23.4 Å². The predicted molar refractivity (Wildman–Crippen MR) is 126 cm³/mol. The Morgan fingerprint density at radius 1 is 1.13 bits per heavy atom. The molecule has 3 rings (SSSR count). The Balaban J connectivity index is 0.00000320. The summed E-state index contributed by atoms with van der Waals surface area (Å²) in [5.74, 6) is -0.278. The number of hydrogen-bond acceptors (Lipinski definition) is 6. The summed E-state index contributed by atoms with van der Waals surface area (Å²) in [6, 6.07) is 11.5. The fourth-order valence-corrected chi connectivity index (χ4v) is 4.78. The highest BCUT2D eigenvalue weighted by molar-refractivity contribution is 7.90. The van der Waals surface area contributed by atoms with E-state index in [4.69, 9.17) is 11.6 Å². The van der Waals surface area contributed by atoms with Crippen LogP contribution < -0.4 is 4.90 Å². The molecular formula is C20H23Cl2N3O3S2. The minimum atomic E-state index is -3.41. The van der Waals surface area contributed by atoms with Gasteiger partial charge in [-0.25, -0.2) is 13.4 Å². The van der Waals surface area contributed by atoms with Crippen LogP contribution in [0.4, 0.5) is 5.13 Å². The highest BCUT2D eigenvalue weighted by Crippen LogP contribution is 2.31. The van der Waals surface area contributed by atoms with Crippen molar-refractivity contribution in [3.8, 4) is 0 Å². The van der Waals surface area contributed by atoms with Gasteiger partial charge in [-0.15, -0.1) is 12.4 Å². The largest absolute Gasteiger partial charge is 0.309 e. The van der Waals surface area contributed by atoms with Gasteiger partial charge in [0.1, 0.15) is 0 Å². The van der Waals surface area contributed by atoms with Crippen LogP contribution in [0, 0.1) is 0 Å². The predicted octanol–water partition coefficient (Wildman–Crippen LogP) is 4.37. The second-order valence-corrected chi connectivity index (χ2v) is 10.5. The number of nitrogens with zero attached hydrogens (tertiary/aromatic N) is 3. The van der Waals surface area contributed by atoms with Crippen molar-refractivity contribution in [1.29, 1.82) is 0 Å². The van der Waals surface area contributed by atoms with E-state index in [1.807, 2.05) is 31.1 Å². The Bertz CT molecular complexity index is 1150. The van der Waals surface area contributed by atoms with Gasteiger partial charge in [-0.1, -0.05) is 29.0 Å². The van der Waals surface area contributed by atoms with E-state index in [0.717, 1.165) is 29.4 Å². The van der Waals surface area contributed by atoms with Crippen LogP contribution in [-0.4, -0.2) is 57.6 Å². The van der Waals surface area contributed by atoms with Gasteiger partial charge in [-0.05, 0) is 63.5 Å². The molecule has 0 N–H and O–H groups in total. The molecule has 0 saturated carbocycles. The fraction of sp³-hybridized carbons (Fsp3) is 0.300. The lowest BCUT2D eigenvalue weighted by atomic mass is 10.2. The minimum Gasteiger partial charge on any atom is -0.309 e. The lowest BCUT2D eigenvalue weighted by Gasteiger charge is -2.21. The highest BCUT2D eigenvalue weighted by Gasteiger charge is 2.22. The van der Waals surface area contributed by atoms with Gasteiger partial charge in [0.2, 0.25) is 0 Å². The summed E-state index contributed by atoms with van der Waals surface area (Å²) < 4.78 is 24.7. The third-order valence-corrected chi connectivity index (χ3v) is 6.70. The van der Waals surface area contributed by atoms with Crippen molar-refractivity contribution in [1.82, 2.24) is 9.88 Å². The number of fused-ring (bicyclic) bond motifs is 1. The maximum Gasteiger partial charge on any atom is 0.260 e. The first-order valence-corrected chi connectivity index (χ1v) is 12.1. The van der Waals surface area contributed by atoms with Gasteiger partial charge >= 0.3 is 0 Å². The zero-order valence-corrected chi connectivity index (χ0v) is 20.0. The van der Waals surface area contributed by atoms with E-state index in [1.54, 1.807) is 23.1 Å². The van der Waals surface area contributed by atoms with Crippen LogP contribution >= 0.6 is 35.3 Å². The fourth-order valence-electron chi connectivity index (χ4n) is 2.85. The van der Waals surface area contributed by atoms with E-state index in [0.29, 0.717) is 22.3 Å². The summed E-state index contributed by atoms with van der Waals surface area (Å²) in [6.07, 6.45) is 1.88. The van der Waals surface area contributed by atoms with Gasteiger partial charge in [-0.3, -0.25) is 9.69 Å². The molecule has 0 fully saturated rings. The van der Waals surface area contributed by atoms with E-state index in [9.17, 15) is 13.2 Å². The molecule has 1 amide bonds. The first-order valence-electron chi connectivity index (χ1n) is 8.98. The first kappa shape index (κ1) is 24.6. The number of thiazole rings is 1. The number of carbonyl (C=O) groups is 1. The van der Waals surface area contributed by atoms with Crippen LogP contribution in [0.1, 0.15) is 16.8 Å². The maximum atomic E-state index is 13.3. The normalized spacial score (nSPS) is 11.5. The molecular weight excluding hydrogens is 465 g/mol. The molecule has 0 atom stereocenters. The van der Waals surface area contributed by atoms with Crippen LogP contribution in [0.25, 0.3) is 10.2 Å². The molecule has 0 aliphatic rings. The highest BCUT2D eigenvalue weighted by atomic mass is 35.5. The van der Waals surface area contributed by atoms with Crippen molar-refractivity contribution in [3.63, 3.8) is 0 Å². The average Bonchev–Trinajstić information content (AvgIpc) is 3.06. The van der Waals surface area contributed by atoms with Crippen molar-refractivity contribution >= 4 is 66.4 Å². The standard InChI is InChI=1S/C20H22ClN3O3S2.ClH/c1-23(2)10-5-11-24(20-22-17-9-8-15(21)13-18(17)28-20)19(25)14-6-4-7-16(12-14)29(3,26)27;/h4,6-9,12-13H,5,10-11H2,1-3H3;1H. The van der Waals surface area contributed by atoms with E-state index >= 15 is 0 Å². The SMILES string of the molecule is CN(C)CCCN(C(=O)c1cccc(S(C)(=O)=O)c1)c1nc2ccc(Cl)cc2s1.Cl. The quantitative estimate of drug-likeness (QED) is 0.494. The molecule has 10 heteroatoms. The van der Waals surface area contributed by atoms with Gasteiger partial charge in [0.05, 0.1) is 15.1 Å². The molecule has 3 aromatic rings. The number of aromatic nitrogens is 1. The van der Waals surface area contributed by atoms with E-state index < -0.39 is 9.84 Å². The summed E-state index contributed by atoms with van der Waals surface area (Å²) in [7, 11) is 0.540. The Labute approximate surface area is 191 Å². The van der Waals surface area contributed by atoms with E-state index in [2.05, 4.69) is 4.98 Å². The maximum absolute atomic E-state index is 13.3. The summed E-state index contributed by atoms with van der Waals surface area (Å²) in [6.45, 7) is 1.28.